The molecule has 17 heavy (non-hydrogen) atoms. The molecule has 1 fully saturated rings. The van der Waals surface area contributed by atoms with Crippen LogP contribution in [-0.4, -0.2) is 23.0 Å². The number of rotatable bonds is 4. The fraction of sp³-hybridized carbons (Fsp3) is 0.846. The summed E-state index contributed by atoms with van der Waals surface area (Å²) >= 11 is 0. The van der Waals surface area contributed by atoms with Crippen LogP contribution in [0.15, 0.2) is 0 Å². The summed E-state index contributed by atoms with van der Waals surface area (Å²) in [4.78, 5) is 23.0. The van der Waals surface area contributed by atoms with Crippen LogP contribution < -0.4 is 5.32 Å². The third kappa shape index (κ3) is 4.02. The second kappa shape index (κ2) is 6.62. The van der Waals surface area contributed by atoms with Crippen molar-refractivity contribution in [1.29, 1.82) is 0 Å². The zero-order valence-electron chi connectivity index (χ0n) is 10.7. The Balaban J connectivity index is 2.63. The van der Waals surface area contributed by atoms with E-state index in [9.17, 15) is 14.7 Å². The summed E-state index contributed by atoms with van der Waals surface area (Å²) in [6, 6.07) is -0.184. The van der Waals surface area contributed by atoms with E-state index >= 15 is 0 Å². The van der Waals surface area contributed by atoms with Gasteiger partial charge in [0.15, 0.2) is 0 Å². The lowest BCUT2D eigenvalue weighted by atomic mass is 9.94. The summed E-state index contributed by atoms with van der Waals surface area (Å²) in [5.41, 5.74) is 0. The van der Waals surface area contributed by atoms with Gasteiger partial charge in [0, 0.05) is 12.0 Å². The highest BCUT2D eigenvalue weighted by atomic mass is 16.4. The monoisotopic (exact) mass is 241 g/mol. The van der Waals surface area contributed by atoms with Gasteiger partial charge in [0.2, 0.25) is 5.91 Å². The number of carboxylic acids is 1. The van der Waals surface area contributed by atoms with Gasteiger partial charge in [-0.2, -0.15) is 0 Å². The van der Waals surface area contributed by atoms with E-state index in [1.54, 1.807) is 0 Å². The number of hydrogen-bond acceptors (Lipinski definition) is 2. The lowest BCUT2D eigenvalue weighted by Crippen LogP contribution is -2.44. The minimum atomic E-state index is -0.777. The summed E-state index contributed by atoms with van der Waals surface area (Å²) in [6.07, 6.45) is 5.29. The molecular weight excluding hydrogens is 218 g/mol. The van der Waals surface area contributed by atoms with E-state index in [1.165, 1.54) is 0 Å². The van der Waals surface area contributed by atoms with Crippen LogP contribution in [0.5, 0.6) is 0 Å². The van der Waals surface area contributed by atoms with Gasteiger partial charge in [-0.3, -0.25) is 9.59 Å². The number of carbonyl (C=O) groups is 2. The number of carbonyl (C=O) groups excluding carboxylic acids is 1. The van der Waals surface area contributed by atoms with Crippen molar-refractivity contribution < 1.29 is 14.7 Å². The van der Waals surface area contributed by atoms with Crippen molar-refractivity contribution in [2.24, 2.45) is 11.8 Å². The summed E-state index contributed by atoms with van der Waals surface area (Å²) in [6.45, 7) is 3.84. The van der Waals surface area contributed by atoms with Crippen LogP contribution in [0, 0.1) is 11.8 Å². The first-order valence-electron chi connectivity index (χ1n) is 6.59. The average molecular weight is 241 g/mol. The molecule has 98 valence electrons. The molecule has 4 heteroatoms. The van der Waals surface area contributed by atoms with Crippen molar-refractivity contribution in [3.63, 3.8) is 0 Å². The largest absolute Gasteiger partial charge is 0.481 e. The molecule has 4 nitrogen and oxygen atoms in total. The van der Waals surface area contributed by atoms with Crippen molar-refractivity contribution in [3.05, 3.63) is 0 Å². The Morgan fingerprint density at radius 3 is 2.53 bits per heavy atom. The third-order valence-electron chi connectivity index (χ3n) is 3.72. The molecule has 0 saturated heterocycles. The SMILES string of the molecule is CCC(C)C(=O)NC1CCCCCC1C(=O)O. The van der Waals surface area contributed by atoms with Crippen LogP contribution in [0.25, 0.3) is 0 Å². The van der Waals surface area contributed by atoms with Gasteiger partial charge in [-0.15, -0.1) is 0 Å². The molecule has 3 unspecified atom stereocenters. The molecule has 1 aliphatic carbocycles. The highest BCUT2D eigenvalue weighted by Gasteiger charge is 2.31. The Morgan fingerprint density at radius 2 is 1.94 bits per heavy atom. The number of carboxylic acid groups (broad SMARTS) is 1. The molecule has 2 N–H and O–H groups in total. The van der Waals surface area contributed by atoms with Crippen molar-refractivity contribution >= 4 is 11.9 Å². The number of amides is 1. The Hall–Kier alpha value is -1.06. The molecule has 0 aromatic carbocycles. The summed E-state index contributed by atoms with van der Waals surface area (Å²) in [5.74, 6) is -1.23. The first-order valence-corrected chi connectivity index (χ1v) is 6.59. The average Bonchev–Trinajstić information content (AvgIpc) is 2.53. The van der Waals surface area contributed by atoms with Gasteiger partial charge in [0.05, 0.1) is 5.92 Å². The van der Waals surface area contributed by atoms with Crippen LogP contribution in [0.2, 0.25) is 0 Å². The molecule has 3 atom stereocenters. The molecule has 0 aromatic heterocycles. The van der Waals surface area contributed by atoms with Crippen molar-refractivity contribution in [3.8, 4) is 0 Å². The zero-order chi connectivity index (χ0) is 12.8. The van der Waals surface area contributed by atoms with Gasteiger partial charge in [0.25, 0.3) is 0 Å². The van der Waals surface area contributed by atoms with Crippen molar-refractivity contribution in [1.82, 2.24) is 5.32 Å². The zero-order valence-corrected chi connectivity index (χ0v) is 10.7. The maximum absolute atomic E-state index is 11.8. The minimum Gasteiger partial charge on any atom is -0.481 e. The van der Waals surface area contributed by atoms with E-state index in [4.69, 9.17) is 0 Å². The highest BCUT2D eigenvalue weighted by Crippen LogP contribution is 2.24. The smallest absolute Gasteiger partial charge is 0.308 e. The second-order valence-corrected chi connectivity index (χ2v) is 5.01. The van der Waals surface area contributed by atoms with Gasteiger partial charge in [-0.05, 0) is 19.3 Å². The van der Waals surface area contributed by atoms with Gasteiger partial charge < -0.3 is 10.4 Å². The molecule has 0 radical (unpaired) electrons. The molecule has 0 aliphatic heterocycles. The molecule has 1 saturated carbocycles. The maximum atomic E-state index is 11.8. The Kier molecular flexibility index (Phi) is 5.45. The van der Waals surface area contributed by atoms with Crippen LogP contribution >= 0.6 is 0 Å². The normalized spacial score (nSPS) is 26.9. The van der Waals surface area contributed by atoms with Gasteiger partial charge in [-0.25, -0.2) is 0 Å². The maximum Gasteiger partial charge on any atom is 0.308 e. The molecule has 0 bridgehead atoms. The minimum absolute atomic E-state index is 0.00866. The summed E-state index contributed by atoms with van der Waals surface area (Å²) in [7, 11) is 0. The first kappa shape index (κ1) is 14.0. The Labute approximate surface area is 103 Å². The fourth-order valence-electron chi connectivity index (χ4n) is 2.29. The van der Waals surface area contributed by atoms with Gasteiger partial charge >= 0.3 is 5.97 Å². The summed E-state index contributed by atoms with van der Waals surface area (Å²) in [5, 5.41) is 12.1. The Bertz CT molecular complexity index is 278. The third-order valence-corrected chi connectivity index (χ3v) is 3.72. The molecule has 1 rings (SSSR count). The van der Waals surface area contributed by atoms with Crippen molar-refractivity contribution in [2.45, 2.75) is 58.4 Å². The molecular formula is C13H23NO3. The summed E-state index contributed by atoms with van der Waals surface area (Å²) < 4.78 is 0. The van der Waals surface area contributed by atoms with Crippen LogP contribution in [0.4, 0.5) is 0 Å². The molecule has 0 spiro atoms. The van der Waals surface area contributed by atoms with Gasteiger partial charge in [0.1, 0.15) is 0 Å². The van der Waals surface area contributed by atoms with Crippen molar-refractivity contribution in [2.75, 3.05) is 0 Å². The highest BCUT2D eigenvalue weighted by molar-refractivity contribution is 5.79. The fourth-order valence-corrected chi connectivity index (χ4v) is 2.29. The van der Waals surface area contributed by atoms with E-state index in [0.29, 0.717) is 6.42 Å². The topological polar surface area (TPSA) is 66.4 Å². The van der Waals surface area contributed by atoms with E-state index in [2.05, 4.69) is 5.32 Å². The molecule has 1 amide bonds. The predicted molar refractivity (Wildman–Crippen MR) is 65.6 cm³/mol. The molecule has 1 aliphatic rings. The molecule has 0 aromatic rings. The van der Waals surface area contributed by atoms with E-state index in [0.717, 1.165) is 32.1 Å². The van der Waals surface area contributed by atoms with E-state index in [-0.39, 0.29) is 17.9 Å². The Morgan fingerprint density at radius 1 is 1.29 bits per heavy atom. The standard InChI is InChI=1S/C13H23NO3/c1-3-9(2)12(15)14-11-8-6-4-5-7-10(11)13(16)17/h9-11H,3-8H2,1-2H3,(H,14,15)(H,16,17). The van der Waals surface area contributed by atoms with Crippen LogP contribution in [0.3, 0.4) is 0 Å². The molecule has 0 heterocycles. The van der Waals surface area contributed by atoms with E-state index in [1.807, 2.05) is 13.8 Å². The second-order valence-electron chi connectivity index (χ2n) is 5.01. The van der Waals surface area contributed by atoms with Gasteiger partial charge in [-0.1, -0.05) is 33.1 Å². The lowest BCUT2D eigenvalue weighted by molar-refractivity contribution is -0.143. The quantitative estimate of drug-likeness (QED) is 0.741. The van der Waals surface area contributed by atoms with Crippen LogP contribution in [0.1, 0.15) is 52.4 Å². The lowest BCUT2D eigenvalue weighted by Gasteiger charge is -2.24. The number of nitrogens with one attached hydrogen (secondary N) is 1. The van der Waals surface area contributed by atoms with Crippen LogP contribution in [-0.2, 0) is 9.59 Å². The number of aliphatic carboxylic acids is 1. The number of hydrogen-bond donors (Lipinski definition) is 2. The predicted octanol–water partition coefficient (Wildman–Crippen LogP) is 2.18. The van der Waals surface area contributed by atoms with E-state index < -0.39 is 11.9 Å². The first-order chi connectivity index (χ1) is 8.06.